The van der Waals surface area contributed by atoms with E-state index in [9.17, 15) is 4.79 Å². The first-order valence-corrected chi connectivity index (χ1v) is 6.50. The molecule has 0 spiro atoms. The molecule has 1 aromatic carbocycles. The summed E-state index contributed by atoms with van der Waals surface area (Å²) in [6.07, 6.45) is 1.56. The summed E-state index contributed by atoms with van der Waals surface area (Å²) >= 11 is 6.00. The number of aromatic nitrogens is 2. The highest BCUT2D eigenvalue weighted by Crippen LogP contribution is 2.21. The van der Waals surface area contributed by atoms with Crippen LogP contribution in [0, 0.1) is 6.92 Å². The second-order valence-corrected chi connectivity index (χ2v) is 4.79. The molecular formula is C14H16ClN3O2. The molecule has 6 heteroatoms. The molecule has 0 unspecified atom stereocenters. The van der Waals surface area contributed by atoms with Gasteiger partial charge in [0.25, 0.3) is 5.91 Å². The van der Waals surface area contributed by atoms with Gasteiger partial charge in [-0.25, -0.2) is 0 Å². The van der Waals surface area contributed by atoms with Crippen molar-refractivity contribution in [3.8, 4) is 5.75 Å². The average molecular weight is 294 g/mol. The lowest BCUT2D eigenvalue weighted by Crippen LogP contribution is -2.25. The number of nitrogens with one attached hydrogen (secondary N) is 1. The maximum atomic E-state index is 12.2. The van der Waals surface area contributed by atoms with Crippen LogP contribution in [0.5, 0.6) is 5.75 Å². The summed E-state index contributed by atoms with van der Waals surface area (Å²) in [4.78, 5) is 12.2. The van der Waals surface area contributed by atoms with Crippen LogP contribution in [0.15, 0.2) is 24.4 Å². The predicted molar refractivity (Wildman–Crippen MR) is 77.1 cm³/mol. The van der Waals surface area contributed by atoms with Crippen LogP contribution in [-0.4, -0.2) is 22.8 Å². The number of amides is 1. The van der Waals surface area contributed by atoms with Crippen LogP contribution in [0.1, 0.15) is 21.6 Å². The van der Waals surface area contributed by atoms with Gasteiger partial charge in [0.2, 0.25) is 0 Å². The van der Waals surface area contributed by atoms with Gasteiger partial charge < -0.3 is 10.1 Å². The molecule has 0 atom stereocenters. The number of carbonyl (C=O) groups is 1. The fraction of sp³-hybridized carbons (Fsp3) is 0.286. The molecule has 0 aliphatic rings. The van der Waals surface area contributed by atoms with Gasteiger partial charge in [-0.3, -0.25) is 9.48 Å². The first kappa shape index (κ1) is 14.4. The fourth-order valence-electron chi connectivity index (χ4n) is 1.98. The summed E-state index contributed by atoms with van der Waals surface area (Å²) in [5, 5.41) is 7.40. The standard InChI is InChI=1S/C14H16ClN3O2/c1-9-10(5-4-6-13(9)20-3)14(19)16-8-12-11(15)7-17-18(12)2/h4-7H,8H2,1-3H3,(H,16,19). The summed E-state index contributed by atoms with van der Waals surface area (Å²) in [5.41, 5.74) is 2.16. The van der Waals surface area contributed by atoms with E-state index in [1.165, 1.54) is 0 Å². The number of benzene rings is 1. The zero-order chi connectivity index (χ0) is 14.7. The van der Waals surface area contributed by atoms with Crippen LogP contribution in [0.4, 0.5) is 0 Å². The number of methoxy groups -OCH3 is 1. The quantitative estimate of drug-likeness (QED) is 0.941. The average Bonchev–Trinajstić information content (AvgIpc) is 2.76. The molecular weight excluding hydrogens is 278 g/mol. The summed E-state index contributed by atoms with van der Waals surface area (Å²) in [6.45, 7) is 2.18. The Morgan fingerprint density at radius 3 is 2.85 bits per heavy atom. The Bertz CT molecular complexity index is 618. The molecule has 2 rings (SSSR count). The molecule has 0 saturated carbocycles. The van der Waals surface area contributed by atoms with Crippen LogP contribution in [0.3, 0.4) is 0 Å². The van der Waals surface area contributed by atoms with Gasteiger partial charge in [-0.2, -0.15) is 5.10 Å². The smallest absolute Gasteiger partial charge is 0.252 e. The van der Waals surface area contributed by atoms with Crippen LogP contribution in [-0.2, 0) is 13.6 Å². The third-order valence-electron chi connectivity index (χ3n) is 3.18. The van der Waals surface area contributed by atoms with Gasteiger partial charge in [0.15, 0.2) is 0 Å². The van der Waals surface area contributed by atoms with E-state index in [1.807, 2.05) is 13.0 Å². The molecule has 106 valence electrons. The van der Waals surface area contributed by atoms with Crippen molar-refractivity contribution in [2.45, 2.75) is 13.5 Å². The minimum Gasteiger partial charge on any atom is -0.496 e. The van der Waals surface area contributed by atoms with E-state index in [-0.39, 0.29) is 5.91 Å². The van der Waals surface area contributed by atoms with Crippen LogP contribution < -0.4 is 10.1 Å². The molecule has 5 nitrogen and oxygen atoms in total. The highest BCUT2D eigenvalue weighted by molar-refractivity contribution is 6.31. The van der Waals surface area contributed by atoms with Gasteiger partial charge >= 0.3 is 0 Å². The van der Waals surface area contributed by atoms with Crippen molar-refractivity contribution in [3.05, 3.63) is 46.2 Å². The molecule has 1 N–H and O–H groups in total. The minimum atomic E-state index is -0.168. The number of ether oxygens (including phenoxy) is 1. The zero-order valence-corrected chi connectivity index (χ0v) is 12.4. The van der Waals surface area contributed by atoms with Crippen molar-refractivity contribution in [2.75, 3.05) is 7.11 Å². The van der Waals surface area contributed by atoms with E-state index >= 15 is 0 Å². The van der Waals surface area contributed by atoms with Crippen molar-refractivity contribution in [1.29, 1.82) is 0 Å². The second-order valence-electron chi connectivity index (χ2n) is 4.38. The molecule has 0 saturated heterocycles. The maximum absolute atomic E-state index is 12.2. The second kappa shape index (κ2) is 5.96. The number of nitrogens with zero attached hydrogens (tertiary/aromatic N) is 2. The fourth-order valence-corrected chi connectivity index (χ4v) is 2.21. The van der Waals surface area contributed by atoms with Gasteiger partial charge in [0.1, 0.15) is 5.75 Å². The number of halogens is 1. The monoisotopic (exact) mass is 293 g/mol. The molecule has 1 aromatic heterocycles. The predicted octanol–water partition coefficient (Wildman–Crippen LogP) is 2.32. The van der Waals surface area contributed by atoms with Crippen molar-refractivity contribution < 1.29 is 9.53 Å². The largest absolute Gasteiger partial charge is 0.496 e. The number of hydrogen-bond donors (Lipinski definition) is 1. The Kier molecular flexibility index (Phi) is 4.29. The number of hydrogen-bond acceptors (Lipinski definition) is 3. The van der Waals surface area contributed by atoms with Gasteiger partial charge in [-0.1, -0.05) is 17.7 Å². The summed E-state index contributed by atoms with van der Waals surface area (Å²) in [5.74, 6) is 0.523. The Morgan fingerprint density at radius 2 is 2.25 bits per heavy atom. The first-order chi connectivity index (χ1) is 9.54. The summed E-state index contributed by atoms with van der Waals surface area (Å²) in [7, 11) is 3.36. The van der Waals surface area contributed by atoms with E-state index in [0.29, 0.717) is 22.9 Å². The molecule has 0 radical (unpaired) electrons. The normalized spacial score (nSPS) is 10.4. The number of rotatable bonds is 4. The van der Waals surface area contributed by atoms with E-state index < -0.39 is 0 Å². The van der Waals surface area contributed by atoms with Crippen molar-refractivity contribution in [3.63, 3.8) is 0 Å². The molecule has 2 aromatic rings. The Hall–Kier alpha value is -2.01. The van der Waals surface area contributed by atoms with Crippen LogP contribution in [0.2, 0.25) is 5.02 Å². The van der Waals surface area contributed by atoms with Crippen LogP contribution >= 0.6 is 11.6 Å². The molecule has 0 aliphatic heterocycles. The van der Waals surface area contributed by atoms with E-state index in [4.69, 9.17) is 16.3 Å². The molecule has 0 bridgehead atoms. The number of carbonyl (C=O) groups excluding carboxylic acids is 1. The van der Waals surface area contributed by atoms with Crippen molar-refractivity contribution >= 4 is 17.5 Å². The first-order valence-electron chi connectivity index (χ1n) is 6.12. The van der Waals surface area contributed by atoms with E-state index in [2.05, 4.69) is 10.4 Å². The molecule has 1 heterocycles. The Balaban J connectivity index is 2.13. The number of aryl methyl sites for hydroxylation is 1. The molecule has 20 heavy (non-hydrogen) atoms. The van der Waals surface area contributed by atoms with Gasteiger partial charge in [0.05, 0.1) is 30.6 Å². The lowest BCUT2D eigenvalue weighted by atomic mass is 10.1. The molecule has 0 fully saturated rings. The van der Waals surface area contributed by atoms with Gasteiger partial charge in [-0.05, 0) is 19.1 Å². The minimum absolute atomic E-state index is 0.168. The molecule has 0 aliphatic carbocycles. The van der Waals surface area contributed by atoms with Gasteiger partial charge in [0, 0.05) is 18.2 Å². The van der Waals surface area contributed by atoms with Crippen molar-refractivity contribution in [1.82, 2.24) is 15.1 Å². The highest BCUT2D eigenvalue weighted by atomic mass is 35.5. The Labute approximate surface area is 122 Å². The summed E-state index contributed by atoms with van der Waals surface area (Å²) < 4.78 is 6.85. The van der Waals surface area contributed by atoms with Crippen LogP contribution in [0.25, 0.3) is 0 Å². The van der Waals surface area contributed by atoms with Gasteiger partial charge in [-0.15, -0.1) is 0 Å². The van der Waals surface area contributed by atoms with Crippen molar-refractivity contribution in [2.24, 2.45) is 7.05 Å². The molecule has 1 amide bonds. The topological polar surface area (TPSA) is 56.1 Å². The Morgan fingerprint density at radius 1 is 1.50 bits per heavy atom. The summed E-state index contributed by atoms with van der Waals surface area (Å²) in [6, 6.07) is 5.37. The van der Waals surface area contributed by atoms with E-state index in [0.717, 1.165) is 11.3 Å². The SMILES string of the molecule is COc1cccc(C(=O)NCc2c(Cl)cnn2C)c1C. The highest BCUT2D eigenvalue weighted by Gasteiger charge is 2.13. The lowest BCUT2D eigenvalue weighted by Gasteiger charge is -2.11. The third-order valence-corrected chi connectivity index (χ3v) is 3.49. The van der Waals surface area contributed by atoms with E-state index in [1.54, 1.807) is 37.2 Å². The zero-order valence-electron chi connectivity index (χ0n) is 11.6. The lowest BCUT2D eigenvalue weighted by molar-refractivity contribution is 0.0949. The maximum Gasteiger partial charge on any atom is 0.252 e. The third kappa shape index (κ3) is 2.77.